The molecule has 2 amide bonds. The van der Waals surface area contributed by atoms with Gasteiger partial charge in [-0.05, 0) is 19.5 Å². The van der Waals surface area contributed by atoms with E-state index in [1.54, 1.807) is 0 Å². The zero-order chi connectivity index (χ0) is 11.6. The lowest BCUT2D eigenvalue weighted by molar-refractivity contribution is -0.141. The lowest BCUT2D eigenvalue weighted by Gasteiger charge is -2.21. The van der Waals surface area contributed by atoms with E-state index < -0.39 is 5.41 Å². The van der Waals surface area contributed by atoms with Crippen molar-refractivity contribution in [3.05, 3.63) is 0 Å². The standard InChI is InChI=1S/C11H20N2O2/c1-8(6-12-4)7-13-9(14)5-11(2,3)10(13)15/h8,12H,5-7H2,1-4H3. The van der Waals surface area contributed by atoms with Crippen LogP contribution in [-0.4, -0.2) is 36.9 Å². The molecule has 1 unspecified atom stereocenters. The molecule has 0 aliphatic carbocycles. The quantitative estimate of drug-likeness (QED) is 0.695. The molecule has 1 aliphatic rings. The molecule has 4 heteroatoms. The van der Waals surface area contributed by atoms with Crippen molar-refractivity contribution in [2.75, 3.05) is 20.1 Å². The fraction of sp³-hybridized carbons (Fsp3) is 0.818. The fourth-order valence-corrected chi connectivity index (χ4v) is 1.94. The molecule has 1 heterocycles. The molecule has 1 rings (SSSR count). The summed E-state index contributed by atoms with van der Waals surface area (Å²) in [7, 11) is 1.87. The maximum Gasteiger partial charge on any atom is 0.235 e. The number of imide groups is 1. The summed E-state index contributed by atoms with van der Waals surface area (Å²) in [6.07, 6.45) is 0.345. The highest BCUT2D eigenvalue weighted by Crippen LogP contribution is 2.31. The molecule has 1 N–H and O–H groups in total. The second kappa shape index (κ2) is 4.31. The Balaban J connectivity index is 2.63. The van der Waals surface area contributed by atoms with Gasteiger partial charge in [0, 0.05) is 13.0 Å². The average Bonchev–Trinajstić information content (AvgIpc) is 2.28. The third kappa shape index (κ3) is 2.56. The summed E-state index contributed by atoms with van der Waals surface area (Å²) in [5.41, 5.74) is -0.504. The summed E-state index contributed by atoms with van der Waals surface area (Å²) >= 11 is 0. The molecule has 0 radical (unpaired) electrons. The maximum atomic E-state index is 11.9. The van der Waals surface area contributed by atoms with Crippen LogP contribution in [0.2, 0.25) is 0 Å². The van der Waals surface area contributed by atoms with Gasteiger partial charge < -0.3 is 5.32 Å². The molecule has 1 saturated heterocycles. The molecule has 1 aliphatic heterocycles. The maximum absolute atomic E-state index is 11.9. The highest BCUT2D eigenvalue weighted by molar-refractivity contribution is 6.05. The Morgan fingerprint density at radius 2 is 2.07 bits per heavy atom. The van der Waals surface area contributed by atoms with E-state index in [2.05, 4.69) is 5.32 Å². The first-order valence-corrected chi connectivity index (χ1v) is 5.38. The largest absolute Gasteiger partial charge is 0.319 e. The van der Waals surface area contributed by atoms with Crippen LogP contribution in [0.15, 0.2) is 0 Å². The highest BCUT2D eigenvalue weighted by Gasteiger charge is 2.44. The zero-order valence-corrected chi connectivity index (χ0v) is 9.96. The fourth-order valence-electron chi connectivity index (χ4n) is 1.94. The predicted molar refractivity (Wildman–Crippen MR) is 58.2 cm³/mol. The first-order valence-electron chi connectivity index (χ1n) is 5.38. The van der Waals surface area contributed by atoms with Gasteiger partial charge in [0.1, 0.15) is 0 Å². The second-order valence-electron chi connectivity index (χ2n) is 5.03. The number of carbonyl (C=O) groups excluding carboxylic acids is 2. The minimum Gasteiger partial charge on any atom is -0.319 e. The first kappa shape index (κ1) is 12.2. The van der Waals surface area contributed by atoms with Gasteiger partial charge in [-0.3, -0.25) is 14.5 Å². The minimum absolute atomic E-state index is 0.0320. The van der Waals surface area contributed by atoms with E-state index in [0.717, 1.165) is 6.54 Å². The van der Waals surface area contributed by atoms with Crippen LogP contribution in [0.3, 0.4) is 0 Å². The Morgan fingerprint density at radius 1 is 1.47 bits per heavy atom. The number of rotatable bonds is 4. The molecule has 0 aromatic carbocycles. The molecular weight excluding hydrogens is 192 g/mol. The SMILES string of the molecule is CNCC(C)CN1C(=O)CC(C)(C)C1=O. The van der Waals surface area contributed by atoms with Gasteiger partial charge in [0.15, 0.2) is 0 Å². The van der Waals surface area contributed by atoms with E-state index in [-0.39, 0.29) is 11.8 Å². The van der Waals surface area contributed by atoms with Crippen LogP contribution >= 0.6 is 0 Å². The number of carbonyl (C=O) groups is 2. The molecule has 4 nitrogen and oxygen atoms in total. The van der Waals surface area contributed by atoms with E-state index in [1.165, 1.54) is 4.90 Å². The predicted octanol–water partition coefficient (Wildman–Crippen LogP) is 0.627. The molecule has 0 spiro atoms. The van der Waals surface area contributed by atoms with Gasteiger partial charge in [0.05, 0.1) is 5.41 Å². The molecule has 1 atom stereocenters. The smallest absolute Gasteiger partial charge is 0.235 e. The third-order valence-corrected chi connectivity index (χ3v) is 2.77. The first-order chi connectivity index (χ1) is 6.88. The van der Waals surface area contributed by atoms with Crippen molar-refractivity contribution in [1.29, 1.82) is 0 Å². The third-order valence-electron chi connectivity index (χ3n) is 2.77. The lowest BCUT2D eigenvalue weighted by Crippen LogP contribution is -2.38. The summed E-state index contributed by atoms with van der Waals surface area (Å²) in [4.78, 5) is 24.9. The van der Waals surface area contributed by atoms with Crippen molar-refractivity contribution in [3.63, 3.8) is 0 Å². The van der Waals surface area contributed by atoms with E-state index in [0.29, 0.717) is 18.9 Å². The number of nitrogens with one attached hydrogen (secondary N) is 1. The zero-order valence-electron chi connectivity index (χ0n) is 9.96. The van der Waals surface area contributed by atoms with Crippen LogP contribution in [-0.2, 0) is 9.59 Å². The summed E-state index contributed by atoms with van der Waals surface area (Å²) in [6, 6.07) is 0. The topological polar surface area (TPSA) is 49.4 Å². The molecular formula is C11H20N2O2. The Kier molecular flexibility index (Phi) is 3.50. The van der Waals surface area contributed by atoms with Gasteiger partial charge in [-0.2, -0.15) is 0 Å². The number of likely N-dealkylation sites (tertiary alicyclic amines) is 1. The lowest BCUT2D eigenvalue weighted by atomic mass is 9.92. The number of hydrogen-bond donors (Lipinski definition) is 1. The number of hydrogen-bond acceptors (Lipinski definition) is 3. The van der Waals surface area contributed by atoms with Crippen molar-refractivity contribution in [1.82, 2.24) is 10.2 Å². The van der Waals surface area contributed by atoms with Crippen LogP contribution in [0, 0.1) is 11.3 Å². The van der Waals surface area contributed by atoms with Crippen molar-refractivity contribution in [2.45, 2.75) is 27.2 Å². The summed E-state index contributed by atoms with van der Waals surface area (Å²) in [6.45, 7) is 7.04. The highest BCUT2D eigenvalue weighted by atomic mass is 16.2. The van der Waals surface area contributed by atoms with Crippen LogP contribution < -0.4 is 5.32 Å². The Hall–Kier alpha value is -0.900. The van der Waals surface area contributed by atoms with Crippen molar-refractivity contribution < 1.29 is 9.59 Å². The molecule has 0 bridgehead atoms. The van der Waals surface area contributed by atoms with E-state index >= 15 is 0 Å². The monoisotopic (exact) mass is 212 g/mol. The van der Waals surface area contributed by atoms with Crippen LogP contribution in [0.25, 0.3) is 0 Å². The van der Waals surface area contributed by atoms with Crippen molar-refractivity contribution in [3.8, 4) is 0 Å². The number of amides is 2. The van der Waals surface area contributed by atoms with Gasteiger partial charge in [-0.15, -0.1) is 0 Å². The van der Waals surface area contributed by atoms with Gasteiger partial charge in [0.25, 0.3) is 0 Å². The molecule has 1 fully saturated rings. The van der Waals surface area contributed by atoms with Gasteiger partial charge in [-0.1, -0.05) is 20.8 Å². The van der Waals surface area contributed by atoms with Gasteiger partial charge in [-0.25, -0.2) is 0 Å². The molecule has 86 valence electrons. The van der Waals surface area contributed by atoms with E-state index in [1.807, 2.05) is 27.8 Å². The summed E-state index contributed by atoms with van der Waals surface area (Å²) in [5.74, 6) is 0.236. The van der Waals surface area contributed by atoms with Crippen LogP contribution in [0.1, 0.15) is 27.2 Å². The molecule has 15 heavy (non-hydrogen) atoms. The van der Waals surface area contributed by atoms with Crippen molar-refractivity contribution >= 4 is 11.8 Å². The second-order valence-corrected chi connectivity index (χ2v) is 5.03. The van der Waals surface area contributed by atoms with E-state index in [9.17, 15) is 9.59 Å². The Labute approximate surface area is 91.0 Å². The molecule has 0 aromatic heterocycles. The molecule has 0 aromatic rings. The Morgan fingerprint density at radius 3 is 2.47 bits per heavy atom. The Bertz CT molecular complexity index is 274. The molecule has 0 saturated carbocycles. The summed E-state index contributed by atoms with van der Waals surface area (Å²) in [5, 5.41) is 3.04. The summed E-state index contributed by atoms with van der Waals surface area (Å²) < 4.78 is 0. The van der Waals surface area contributed by atoms with Crippen LogP contribution in [0.5, 0.6) is 0 Å². The van der Waals surface area contributed by atoms with Crippen LogP contribution in [0.4, 0.5) is 0 Å². The van der Waals surface area contributed by atoms with E-state index in [4.69, 9.17) is 0 Å². The minimum atomic E-state index is -0.504. The van der Waals surface area contributed by atoms with Gasteiger partial charge in [0.2, 0.25) is 11.8 Å². The van der Waals surface area contributed by atoms with Gasteiger partial charge >= 0.3 is 0 Å². The normalized spacial score (nSPS) is 22.3. The average molecular weight is 212 g/mol. The number of nitrogens with zero attached hydrogens (tertiary/aromatic N) is 1. The van der Waals surface area contributed by atoms with Crippen molar-refractivity contribution in [2.24, 2.45) is 11.3 Å².